The molecular weight excluding hydrogens is 397 g/mol. The minimum absolute atomic E-state index is 0.0392. The van der Waals surface area contributed by atoms with Crippen molar-refractivity contribution >= 4 is 30.5 Å². The number of rotatable bonds is 3. The minimum atomic E-state index is -2.02. The summed E-state index contributed by atoms with van der Waals surface area (Å²) < 4.78 is 10.9. The van der Waals surface area contributed by atoms with Crippen LogP contribution in [-0.2, 0) is 0 Å². The van der Waals surface area contributed by atoms with Crippen molar-refractivity contribution in [3.8, 4) is 0 Å². The molecule has 29 heavy (non-hydrogen) atoms. The normalized spacial score (nSPS) is 20.5. The fourth-order valence-electron chi connectivity index (χ4n) is 4.67. The van der Waals surface area contributed by atoms with Gasteiger partial charge < -0.3 is 5.32 Å². The number of hydrogen-bond donors (Lipinski definition) is 1. The maximum Gasteiger partial charge on any atom is 0.199 e. The van der Waals surface area contributed by atoms with Gasteiger partial charge in [0.15, 0.2) is 5.11 Å². The van der Waals surface area contributed by atoms with Crippen LogP contribution in [0.1, 0.15) is 72.1 Å². The van der Waals surface area contributed by atoms with E-state index >= 15 is 0 Å². The van der Waals surface area contributed by atoms with E-state index in [9.17, 15) is 0 Å². The third-order valence-corrected chi connectivity index (χ3v) is 11.0. The van der Waals surface area contributed by atoms with Crippen LogP contribution in [0.3, 0.4) is 0 Å². The highest BCUT2D eigenvalue weighted by Crippen LogP contribution is 2.66. The summed E-state index contributed by atoms with van der Waals surface area (Å²) in [5.41, 5.74) is 0. The zero-order chi connectivity index (χ0) is 20.7. The van der Waals surface area contributed by atoms with Crippen LogP contribution in [0.25, 0.3) is 0 Å². The smallest absolute Gasteiger partial charge is 0.199 e. The van der Waals surface area contributed by atoms with E-state index in [0.29, 0.717) is 5.11 Å². The fourth-order valence-corrected chi connectivity index (χ4v) is 9.71. The first-order valence-electron chi connectivity index (χ1n) is 11.3. The Morgan fingerprint density at radius 3 is 1.86 bits per heavy atom. The van der Waals surface area contributed by atoms with E-state index in [1.807, 2.05) is 18.2 Å². The van der Waals surface area contributed by atoms with Crippen LogP contribution in [0.2, 0.25) is 0 Å². The summed E-state index contributed by atoms with van der Waals surface area (Å²) in [4.78, 5) is 4.39. The van der Waals surface area contributed by atoms with Crippen molar-refractivity contribution in [1.82, 2.24) is 14.3 Å². The highest BCUT2D eigenvalue weighted by Gasteiger charge is 2.44. The lowest BCUT2D eigenvalue weighted by molar-refractivity contribution is 0.368. The number of nitrogens with one attached hydrogen (secondary N) is 1. The Kier molecular flexibility index (Phi) is 8.26. The molecule has 3 rings (SSSR count). The van der Waals surface area contributed by atoms with Gasteiger partial charge in [-0.15, -0.1) is 0 Å². The van der Waals surface area contributed by atoms with Gasteiger partial charge in [0.2, 0.25) is 0 Å². The molecule has 3 heterocycles. The monoisotopic (exact) mass is 435 g/mol. The predicted molar refractivity (Wildman–Crippen MR) is 130 cm³/mol. The van der Waals surface area contributed by atoms with Gasteiger partial charge in [-0.1, -0.05) is 52.5 Å². The number of aromatic nitrogens is 1. The molecule has 162 valence electrons. The molecule has 0 unspecified atom stereocenters. The fraction of sp³-hybridized carbons (Fsp3) is 0.727. The molecule has 0 aromatic carbocycles. The minimum Gasteiger partial charge on any atom is -0.316 e. The van der Waals surface area contributed by atoms with Crippen LogP contribution in [0, 0.1) is 0 Å². The molecule has 1 aromatic rings. The molecule has 1 N–H and O–H groups in total. The van der Waals surface area contributed by atoms with E-state index in [2.05, 4.69) is 40.4 Å². The number of hydrogen-bond acceptors (Lipinski definition) is 2. The van der Waals surface area contributed by atoms with E-state index in [4.69, 9.17) is 17.0 Å². The summed E-state index contributed by atoms with van der Waals surface area (Å²) in [6.07, 6.45) is 12.2. The summed E-state index contributed by atoms with van der Waals surface area (Å²) in [6, 6.07) is 5.86. The maximum atomic E-state index is 5.82. The summed E-state index contributed by atoms with van der Waals surface area (Å²) >= 11 is 5.82. The lowest BCUT2D eigenvalue weighted by atomic mass is 10.2. The Labute approximate surface area is 182 Å². The second-order valence-electron chi connectivity index (χ2n) is 9.22. The number of pyridine rings is 1. The van der Waals surface area contributed by atoms with Crippen molar-refractivity contribution in [2.75, 3.05) is 31.5 Å². The molecule has 2 saturated heterocycles. The zero-order valence-corrected chi connectivity index (χ0v) is 20.1. The lowest BCUT2D eigenvalue weighted by Gasteiger charge is -2.50. The Morgan fingerprint density at radius 1 is 0.931 bits per heavy atom. The average Bonchev–Trinajstić information content (AvgIpc) is 3.11. The van der Waals surface area contributed by atoms with Crippen molar-refractivity contribution in [3.63, 3.8) is 0 Å². The molecule has 1 aromatic heterocycles. The van der Waals surface area contributed by atoms with Crippen LogP contribution >= 0.6 is 19.6 Å². The van der Waals surface area contributed by atoms with Gasteiger partial charge in [0.05, 0.1) is 0 Å². The molecule has 0 atom stereocenters. The molecular formula is C22H38N5PS. The van der Waals surface area contributed by atoms with Crippen LogP contribution < -0.4 is 5.32 Å². The van der Waals surface area contributed by atoms with Gasteiger partial charge in [0.25, 0.3) is 0 Å². The lowest BCUT2D eigenvalue weighted by Crippen LogP contribution is -2.42. The van der Waals surface area contributed by atoms with Gasteiger partial charge >= 0.3 is 0 Å². The second-order valence-corrected chi connectivity index (χ2v) is 13.4. The number of thiocarbonyl (C=S) groups is 1. The summed E-state index contributed by atoms with van der Waals surface area (Å²) in [5.74, 6) is 0.778. The molecule has 5 nitrogen and oxygen atoms in total. The van der Waals surface area contributed by atoms with Gasteiger partial charge in [0, 0.05) is 37.5 Å². The molecule has 0 amide bonds. The third-order valence-electron chi connectivity index (χ3n) is 5.98. The first-order chi connectivity index (χ1) is 13.9. The third kappa shape index (κ3) is 5.66. The van der Waals surface area contributed by atoms with Crippen molar-refractivity contribution in [2.45, 2.75) is 77.3 Å². The molecule has 0 aliphatic carbocycles. The standard InChI is InChI=1S/C22H38N5PS/c1-22(2,3)28(26-16-10-4-5-11-17-26,27-18-12-6-7-13-19-27)25-21(29)24-20-14-8-9-15-23-20/h8-9,14-15H,4-7,10-13,16-19H2,1-3H3,(H,23,24,29). The molecule has 0 saturated carbocycles. The van der Waals surface area contributed by atoms with Crippen LogP contribution in [0.5, 0.6) is 0 Å². The van der Waals surface area contributed by atoms with Crippen molar-refractivity contribution in [2.24, 2.45) is 4.74 Å². The quantitative estimate of drug-likeness (QED) is 0.442. The average molecular weight is 436 g/mol. The van der Waals surface area contributed by atoms with Gasteiger partial charge in [-0.25, -0.2) is 9.73 Å². The first kappa shape index (κ1) is 22.9. The molecule has 2 fully saturated rings. The van der Waals surface area contributed by atoms with Crippen molar-refractivity contribution in [1.29, 1.82) is 0 Å². The zero-order valence-electron chi connectivity index (χ0n) is 18.4. The molecule has 2 aliphatic rings. The summed E-state index contributed by atoms with van der Waals surface area (Å²) in [6.45, 7) is 11.7. The second kappa shape index (κ2) is 10.5. The van der Waals surface area contributed by atoms with Gasteiger partial charge in [-0.05, 0) is 50.0 Å². The van der Waals surface area contributed by atoms with E-state index in [1.54, 1.807) is 6.20 Å². The van der Waals surface area contributed by atoms with E-state index in [0.717, 1.165) is 32.0 Å². The molecule has 0 radical (unpaired) electrons. The maximum absolute atomic E-state index is 5.82. The Hall–Kier alpha value is -0.810. The van der Waals surface area contributed by atoms with Gasteiger partial charge in [-0.2, -0.15) is 0 Å². The van der Waals surface area contributed by atoms with Crippen LogP contribution in [-0.4, -0.2) is 50.8 Å². The van der Waals surface area contributed by atoms with Gasteiger partial charge in [-0.3, -0.25) is 9.34 Å². The highest BCUT2D eigenvalue weighted by atomic mass is 32.1. The Bertz CT molecular complexity index is 676. The largest absolute Gasteiger partial charge is 0.316 e. The van der Waals surface area contributed by atoms with Crippen molar-refractivity contribution in [3.05, 3.63) is 24.4 Å². The first-order valence-corrected chi connectivity index (χ1v) is 13.3. The molecule has 0 spiro atoms. The predicted octanol–water partition coefficient (Wildman–Crippen LogP) is 6.36. The molecule has 7 heteroatoms. The van der Waals surface area contributed by atoms with Crippen LogP contribution in [0.15, 0.2) is 29.1 Å². The van der Waals surface area contributed by atoms with E-state index in [-0.39, 0.29) is 5.16 Å². The van der Waals surface area contributed by atoms with Crippen LogP contribution in [0.4, 0.5) is 5.82 Å². The van der Waals surface area contributed by atoms with Gasteiger partial charge in [0.1, 0.15) is 13.2 Å². The Morgan fingerprint density at radius 2 is 1.45 bits per heavy atom. The molecule has 0 bridgehead atoms. The highest BCUT2D eigenvalue weighted by molar-refractivity contribution is 7.81. The SMILES string of the molecule is CC(C)(C)P(=NC(=S)Nc1ccccn1)(N1CCCCCC1)N1CCCCCC1. The van der Waals surface area contributed by atoms with E-state index in [1.165, 1.54) is 51.4 Å². The van der Waals surface area contributed by atoms with Crippen molar-refractivity contribution < 1.29 is 0 Å². The topological polar surface area (TPSA) is 43.8 Å². The summed E-state index contributed by atoms with van der Waals surface area (Å²) in [7, 11) is -2.02. The number of anilines is 1. The Balaban J connectivity index is 2.04. The number of nitrogens with zero attached hydrogens (tertiary/aromatic N) is 4. The van der Waals surface area contributed by atoms with E-state index < -0.39 is 7.36 Å². The summed E-state index contributed by atoms with van der Waals surface area (Å²) in [5, 5.41) is 3.93. The molecule has 2 aliphatic heterocycles.